The minimum Gasteiger partial charge on any atom is -0.506 e. The van der Waals surface area contributed by atoms with Crippen molar-refractivity contribution in [1.82, 2.24) is 25.1 Å². The van der Waals surface area contributed by atoms with Crippen LogP contribution in [0.3, 0.4) is 0 Å². The Morgan fingerprint density at radius 2 is 1.89 bits per heavy atom. The number of nitrogen functional groups attached to an aromatic ring is 1. The number of nitrogens with zero attached hydrogens (tertiary/aromatic N) is 4. The average Bonchev–Trinajstić information content (AvgIpc) is 3.55. The lowest BCUT2D eigenvalue weighted by atomic mass is 9.99. The van der Waals surface area contributed by atoms with E-state index in [1.807, 2.05) is 62.4 Å². The van der Waals surface area contributed by atoms with E-state index in [0.717, 1.165) is 21.7 Å². The molecule has 7 N–H and O–H groups in total. The first-order valence-corrected chi connectivity index (χ1v) is 15.8. The third-order valence-electron chi connectivity index (χ3n) is 8.36. The minimum absolute atomic E-state index is 0.0488. The third-order valence-corrected chi connectivity index (χ3v) is 9.33. The molecule has 3 aromatic rings. The van der Waals surface area contributed by atoms with Gasteiger partial charge in [0.1, 0.15) is 23.5 Å². The number of hydrogen-bond acceptors (Lipinski definition) is 9. The Balaban J connectivity index is 1.32. The Morgan fingerprint density at radius 1 is 1.11 bits per heavy atom. The number of para-hydroxylation sites is 1. The van der Waals surface area contributed by atoms with Gasteiger partial charge in [-0.25, -0.2) is 4.79 Å². The Labute approximate surface area is 266 Å². The van der Waals surface area contributed by atoms with E-state index in [-0.39, 0.29) is 60.3 Å². The standard InChI is InChI=1S/C32H38N8O4S/c1-19(2)40(32(44)35-15-20-7-4-3-5-8-20)38-18-28(42)39-24(14-21-11-12-25(41)23(33)13-21)30(43)37(17-27(38)39)16-22-9-6-10-26-29(22)36-31(34)45-26/h3-13,19,24,27,31,36,41H,14-18,33-34H2,1-2H3,(H,35,44)/t24-,27+,31?/m0/s1. The summed E-state index contributed by atoms with van der Waals surface area (Å²) >= 11 is 1.52. The van der Waals surface area contributed by atoms with Crippen LogP contribution in [0.4, 0.5) is 16.2 Å². The normalized spacial score (nSPS) is 21.1. The molecule has 236 valence electrons. The number of amides is 4. The van der Waals surface area contributed by atoms with Crippen molar-refractivity contribution in [3.63, 3.8) is 0 Å². The van der Waals surface area contributed by atoms with Crippen LogP contribution >= 0.6 is 11.8 Å². The van der Waals surface area contributed by atoms with Gasteiger partial charge in [0.2, 0.25) is 11.8 Å². The Bertz CT molecular complexity index is 1610. The number of nitrogens with two attached hydrogens (primary N) is 2. The molecule has 13 heteroatoms. The molecule has 0 aromatic heterocycles. The number of piperazine rings is 1. The molecule has 12 nitrogen and oxygen atoms in total. The number of hydrazine groups is 1. The van der Waals surface area contributed by atoms with Gasteiger partial charge in [0, 0.05) is 30.4 Å². The van der Waals surface area contributed by atoms with Crippen molar-refractivity contribution in [1.29, 1.82) is 0 Å². The molecule has 3 heterocycles. The van der Waals surface area contributed by atoms with E-state index in [4.69, 9.17) is 11.5 Å². The topological polar surface area (TPSA) is 160 Å². The van der Waals surface area contributed by atoms with Gasteiger partial charge < -0.3 is 37.0 Å². The molecular formula is C32H38N8O4S. The molecule has 0 spiro atoms. The van der Waals surface area contributed by atoms with Crippen LogP contribution in [0.1, 0.15) is 30.5 Å². The van der Waals surface area contributed by atoms with Gasteiger partial charge in [0.15, 0.2) is 0 Å². The highest BCUT2D eigenvalue weighted by molar-refractivity contribution is 8.00. The summed E-state index contributed by atoms with van der Waals surface area (Å²) in [6.45, 7) is 4.59. The van der Waals surface area contributed by atoms with E-state index in [2.05, 4.69) is 10.6 Å². The lowest BCUT2D eigenvalue weighted by molar-refractivity contribution is -0.158. The molecule has 1 unspecified atom stereocenters. The fourth-order valence-corrected chi connectivity index (χ4v) is 7.22. The number of hydrogen-bond donors (Lipinski definition) is 5. The van der Waals surface area contributed by atoms with E-state index in [9.17, 15) is 19.5 Å². The molecule has 0 bridgehead atoms. The quantitative estimate of drug-likeness (QED) is 0.186. The van der Waals surface area contributed by atoms with Gasteiger partial charge in [0.05, 0.1) is 24.5 Å². The lowest BCUT2D eigenvalue weighted by Gasteiger charge is -2.47. The molecule has 6 rings (SSSR count). The first kappa shape index (κ1) is 30.6. The van der Waals surface area contributed by atoms with Crippen molar-refractivity contribution in [3.05, 3.63) is 83.4 Å². The van der Waals surface area contributed by atoms with Crippen molar-refractivity contribution >= 4 is 41.0 Å². The van der Waals surface area contributed by atoms with Crippen molar-refractivity contribution in [3.8, 4) is 5.75 Å². The molecule has 0 aliphatic carbocycles. The second kappa shape index (κ2) is 12.5. The van der Waals surface area contributed by atoms with E-state index < -0.39 is 12.2 Å². The zero-order valence-corrected chi connectivity index (χ0v) is 26.0. The van der Waals surface area contributed by atoms with Crippen LogP contribution in [0.2, 0.25) is 0 Å². The highest BCUT2D eigenvalue weighted by atomic mass is 32.2. The number of benzene rings is 3. The number of fused-ring (bicyclic) bond motifs is 2. The molecule has 3 aliphatic rings. The lowest BCUT2D eigenvalue weighted by Crippen LogP contribution is -2.66. The number of urea groups is 1. The highest BCUT2D eigenvalue weighted by Gasteiger charge is 2.52. The Kier molecular flexibility index (Phi) is 8.49. The number of thioether (sulfide) groups is 1. The van der Waals surface area contributed by atoms with Crippen LogP contribution in [-0.2, 0) is 29.1 Å². The van der Waals surface area contributed by atoms with Gasteiger partial charge in [-0.1, -0.05) is 60.3 Å². The van der Waals surface area contributed by atoms with Crippen LogP contribution < -0.4 is 22.1 Å². The molecule has 4 amide bonds. The summed E-state index contributed by atoms with van der Waals surface area (Å²) in [6, 6.07) is 18.9. The van der Waals surface area contributed by atoms with Gasteiger partial charge >= 0.3 is 6.03 Å². The van der Waals surface area contributed by atoms with E-state index in [1.165, 1.54) is 17.8 Å². The monoisotopic (exact) mass is 630 g/mol. The number of phenolic OH excluding ortho intramolecular Hbond substituents is 1. The molecule has 0 radical (unpaired) electrons. The molecule has 3 aliphatic heterocycles. The number of anilines is 2. The zero-order chi connectivity index (χ0) is 31.8. The molecule has 45 heavy (non-hydrogen) atoms. The van der Waals surface area contributed by atoms with Crippen LogP contribution in [0.5, 0.6) is 5.75 Å². The number of nitrogens with one attached hydrogen (secondary N) is 2. The predicted molar refractivity (Wildman–Crippen MR) is 172 cm³/mol. The largest absolute Gasteiger partial charge is 0.506 e. The maximum Gasteiger partial charge on any atom is 0.332 e. The van der Waals surface area contributed by atoms with E-state index in [0.29, 0.717) is 18.7 Å². The maximum atomic E-state index is 14.2. The minimum atomic E-state index is -0.840. The number of aromatic hydroxyl groups is 1. The van der Waals surface area contributed by atoms with E-state index >= 15 is 0 Å². The number of carbonyl (C=O) groups is 3. The smallest absolute Gasteiger partial charge is 0.332 e. The fourth-order valence-electron chi connectivity index (χ4n) is 6.30. The van der Waals surface area contributed by atoms with Crippen LogP contribution in [0.15, 0.2) is 71.6 Å². The summed E-state index contributed by atoms with van der Waals surface area (Å²) < 4.78 is 0. The highest BCUT2D eigenvalue weighted by Crippen LogP contribution is 2.40. The summed E-state index contributed by atoms with van der Waals surface area (Å²) in [4.78, 5) is 46.0. The average molecular weight is 631 g/mol. The molecular weight excluding hydrogens is 592 g/mol. The zero-order valence-electron chi connectivity index (χ0n) is 25.2. The van der Waals surface area contributed by atoms with Crippen LogP contribution in [0, 0.1) is 0 Å². The van der Waals surface area contributed by atoms with Crippen LogP contribution in [0.25, 0.3) is 0 Å². The van der Waals surface area contributed by atoms with Crippen LogP contribution in [-0.4, -0.2) is 79.6 Å². The second-order valence-corrected chi connectivity index (χ2v) is 13.0. The molecule has 2 saturated heterocycles. The first-order valence-electron chi connectivity index (χ1n) is 15.0. The van der Waals surface area contributed by atoms with Gasteiger partial charge in [-0.05, 0) is 48.7 Å². The van der Waals surface area contributed by atoms with Crippen molar-refractivity contribution in [2.75, 3.05) is 24.1 Å². The summed E-state index contributed by atoms with van der Waals surface area (Å²) in [5.41, 5.74) is 15.5. The predicted octanol–water partition coefficient (Wildman–Crippen LogP) is 2.69. The maximum absolute atomic E-state index is 14.2. The molecule has 0 saturated carbocycles. The van der Waals surface area contributed by atoms with Gasteiger partial charge in [-0.15, -0.1) is 0 Å². The Hall–Kier alpha value is -4.46. The Morgan fingerprint density at radius 3 is 2.62 bits per heavy atom. The van der Waals surface area contributed by atoms with Crippen molar-refractivity contribution < 1.29 is 19.5 Å². The summed E-state index contributed by atoms with van der Waals surface area (Å²) in [5, 5.41) is 19.6. The second-order valence-electron chi connectivity index (χ2n) is 11.8. The van der Waals surface area contributed by atoms with Gasteiger partial charge in [0.25, 0.3) is 0 Å². The summed E-state index contributed by atoms with van der Waals surface area (Å²) in [7, 11) is 0. The number of phenols is 1. The fraction of sp³-hybridized carbons (Fsp3) is 0.344. The van der Waals surface area contributed by atoms with Gasteiger partial charge in [-0.3, -0.25) is 14.6 Å². The van der Waals surface area contributed by atoms with E-state index in [1.54, 1.807) is 32.0 Å². The summed E-state index contributed by atoms with van der Waals surface area (Å²) in [6.07, 6.45) is -0.384. The SMILES string of the molecule is CC(C)N(C(=O)NCc1ccccc1)N1CC(=O)N2[C@@H](Cc3ccc(O)c(N)c3)C(=O)N(Cc3cccc4c3NC(N)S4)C[C@@H]21. The first-order chi connectivity index (χ1) is 21.6. The van der Waals surface area contributed by atoms with Crippen molar-refractivity contribution in [2.45, 2.75) is 62.0 Å². The number of carbonyl (C=O) groups excluding carboxylic acids is 3. The van der Waals surface area contributed by atoms with Gasteiger partial charge in [-0.2, -0.15) is 5.01 Å². The molecule has 2 fully saturated rings. The molecule has 3 atom stereocenters. The summed E-state index contributed by atoms with van der Waals surface area (Å²) in [5.74, 6) is -0.492. The molecule has 3 aromatic carbocycles. The number of rotatable bonds is 8. The van der Waals surface area contributed by atoms with Crippen molar-refractivity contribution in [2.24, 2.45) is 5.73 Å². The third kappa shape index (κ3) is 6.10.